The van der Waals surface area contributed by atoms with E-state index in [0.29, 0.717) is 11.3 Å². The molecule has 84 valence electrons. The topological polar surface area (TPSA) is 51.5 Å². The van der Waals surface area contributed by atoms with Crippen molar-refractivity contribution in [1.82, 2.24) is 5.32 Å². The summed E-state index contributed by atoms with van der Waals surface area (Å²) >= 11 is 3.22. The standard InChI is InChI=1S/C10H14BrNO3/c1-3-14-10(13)6-12-7(2)8-4-5-9(11)15-8/h4-5,7,12H,3,6H2,1-2H3. The Morgan fingerprint density at radius 3 is 2.93 bits per heavy atom. The molecule has 4 nitrogen and oxygen atoms in total. The van der Waals surface area contributed by atoms with Gasteiger partial charge in [0.05, 0.1) is 19.2 Å². The molecule has 0 aliphatic rings. The van der Waals surface area contributed by atoms with Gasteiger partial charge in [0, 0.05) is 0 Å². The van der Waals surface area contributed by atoms with Gasteiger partial charge in [-0.15, -0.1) is 0 Å². The van der Waals surface area contributed by atoms with Crippen molar-refractivity contribution in [3.05, 3.63) is 22.6 Å². The van der Waals surface area contributed by atoms with Gasteiger partial charge in [-0.05, 0) is 41.9 Å². The first-order chi connectivity index (χ1) is 7.13. The van der Waals surface area contributed by atoms with Crippen LogP contribution in [0.3, 0.4) is 0 Å². The fourth-order valence-electron chi connectivity index (χ4n) is 1.11. The van der Waals surface area contributed by atoms with E-state index in [0.717, 1.165) is 5.76 Å². The Balaban J connectivity index is 2.36. The molecule has 1 unspecified atom stereocenters. The summed E-state index contributed by atoms with van der Waals surface area (Å²) in [6.45, 7) is 4.30. The van der Waals surface area contributed by atoms with Crippen molar-refractivity contribution < 1.29 is 13.9 Å². The molecule has 0 amide bonds. The zero-order valence-electron chi connectivity index (χ0n) is 8.75. The minimum atomic E-state index is -0.255. The van der Waals surface area contributed by atoms with Crippen molar-refractivity contribution >= 4 is 21.9 Å². The number of rotatable bonds is 5. The van der Waals surface area contributed by atoms with Crippen molar-refractivity contribution in [1.29, 1.82) is 0 Å². The van der Waals surface area contributed by atoms with Crippen LogP contribution < -0.4 is 5.32 Å². The molecule has 0 saturated carbocycles. The highest BCUT2D eigenvalue weighted by molar-refractivity contribution is 9.10. The van der Waals surface area contributed by atoms with E-state index in [2.05, 4.69) is 21.2 Å². The third-order valence-electron chi connectivity index (χ3n) is 1.88. The molecule has 1 atom stereocenters. The fourth-order valence-corrected chi connectivity index (χ4v) is 1.43. The number of nitrogens with one attached hydrogen (secondary N) is 1. The minimum absolute atomic E-state index is 0.0132. The number of carbonyl (C=O) groups is 1. The molecule has 0 bridgehead atoms. The Bertz CT molecular complexity index is 324. The quantitative estimate of drug-likeness (QED) is 0.838. The average Bonchev–Trinajstić information content (AvgIpc) is 2.62. The van der Waals surface area contributed by atoms with Crippen molar-refractivity contribution in [2.45, 2.75) is 19.9 Å². The van der Waals surface area contributed by atoms with Gasteiger partial charge in [-0.3, -0.25) is 10.1 Å². The van der Waals surface area contributed by atoms with E-state index in [1.54, 1.807) is 6.92 Å². The Morgan fingerprint density at radius 1 is 1.67 bits per heavy atom. The van der Waals surface area contributed by atoms with Crippen molar-refractivity contribution in [2.24, 2.45) is 0 Å². The van der Waals surface area contributed by atoms with E-state index < -0.39 is 0 Å². The third kappa shape index (κ3) is 4.05. The molecular formula is C10H14BrNO3. The lowest BCUT2D eigenvalue weighted by molar-refractivity contribution is -0.142. The van der Waals surface area contributed by atoms with Gasteiger partial charge in [-0.1, -0.05) is 0 Å². The summed E-state index contributed by atoms with van der Waals surface area (Å²) in [5, 5.41) is 3.01. The highest BCUT2D eigenvalue weighted by Gasteiger charge is 2.11. The number of hydrogen-bond acceptors (Lipinski definition) is 4. The summed E-state index contributed by atoms with van der Waals surface area (Å²) in [7, 11) is 0. The predicted molar refractivity (Wildman–Crippen MR) is 59.5 cm³/mol. The van der Waals surface area contributed by atoms with Gasteiger partial charge < -0.3 is 9.15 Å². The molecular weight excluding hydrogens is 262 g/mol. The Kier molecular flexibility index (Phi) is 4.84. The normalized spacial score (nSPS) is 12.5. The Morgan fingerprint density at radius 2 is 2.40 bits per heavy atom. The number of esters is 1. The third-order valence-corrected chi connectivity index (χ3v) is 2.30. The number of ether oxygens (including phenoxy) is 1. The van der Waals surface area contributed by atoms with Gasteiger partial charge in [-0.2, -0.15) is 0 Å². The van der Waals surface area contributed by atoms with E-state index in [1.165, 1.54) is 0 Å². The molecule has 0 fully saturated rings. The second-order valence-electron chi connectivity index (χ2n) is 3.05. The van der Waals surface area contributed by atoms with Gasteiger partial charge in [0.15, 0.2) is 4.67 Å². The van der Waals surface area contributed by atoms with Crippen LogP contribution in [-0.2, 0) is 9.53 Å². The summed E-state index contributed by atoms with van der Waals surface area (Å²) in [6, 6.07) is 3.66. The van der Waals surface area contributed by atoms with Crippen LogP contribution in [0.5, 0.6) is 0 Å². The summed E-state index contributed by atoms with van der Waals surface area (Å²) in [4.78, 5) is 11.1. The highest BCUT2D eigenvalue weighted by Crippen LogP contribution is 2.19. The maximum atomic E-state index is 11.1. The molecule has 1 aromatic heterocycles. The average molecular weight is 276 g/mol. The van der Waals surface area contributed by atoms with E-state index >= 15 is 0 Å². The Hall–Kier alpha value is -0.810. The van der Waals surface area contributed by atoms with Gasteiger partial charge in [-0.25, -0.2) is 0 Å². The fraction of sp³-hybridized carbons (Fsp3) is 0.500. The molecule has 5 heteroatoms. The van der Waals surface area contributed by atoms with E-state index in [4.69, 9.17) is 9.15 Å². The van der Waals surface area contributed by atoms with Crippen LogP contribution in [0.1, 0.15) is 25.6 Å². The van der Waals surface area contributed by atoms with Crippen LogP contribution >= 0.6 is 15.9 Å². The summed E-state index contributed by atoms with van der Waals surface area (Å²) in [5.74, 6) is 0.529. The Labute approximate surface area is 97.1 Å². The van der Waals surface area contributed by atoms with Crippen molar-refractivity contribution in [2.75, 3.05) is 13.2 Å². The van der Waals surface area contributed by atoms with Crippen LogP contribution in [0.25, 0.3) is 0 Å². The summed E-state index contributed by atoms with van der Waals surface area (Å²) in [5.41, 5.74) is 0. The van der Waals surface area contributed by atoms with Crippen LogP contribution in [0.2, 0.25) is 0 Å². The van der Waals surface area contributed by atoms with Crippen LogP contribution in [-0.4, -0.2) is 19.1 Å². The zero-order chi connectivity index (χ0) is 11.3. The van der Waals surface area contributed by atoms with E-state index in [1.807, 2.05) is 19.1 Å². The van der Waals surface area contributed by atoms with Crippen LogP contribution in [0.4, 0.5) is 0 Å². The number of hydrogen-bond donors (Lipinski definition) is 1. The highest BCUT2D eigenvalue weighted by atomic mass is 79.9. The maximum Gasteiger partial charge on any atom is 0.319 e. The second-order valence-corrected chi connectivity index (χ2v) is 3.83. The monoisotopic (exact) mass is 275 g/mol. The molecule has 0 aliphatic carbocycles. The smallest absolute Gasteiger partial charge is 0.319 e. The zero-order valence-corrected chi connectivity index (χ0v) is 10.3. The molecule has 15 heavy (non-hydrogen) atoms. The SMILES string of the molecule is CCOC(=O)CNC(C)c1ccc(Br)o1. The minimum Gasteiger partial charge on any atom is -0.465 e. The summed E-state index contributed by atoms with van der Waals surface area (Å²) in [6.07, 6.45) is 0. The molecule has 1 N–H and O–H groups in total. The number of furan rings is 1. The molecule has 0 saturated heterocycles. The maximum absolute atomic E-state index is 11.1. The van der Waals surface area contributed by atoms with Gasteiger partial charge in [0.2, 0.25) is 0 Å². The van der Waals surface area contributed by atoms with Crippen molar-refractivity contribution in [3.8, 4) is 0 Å². The second kappa shape index (κ2) is 5.92. The number of halogens is 1. The van der Waals surface area contributed by atoms with Crippen LogP contribution in [0, 0.1) is 0 Å². The van der Waals surface area contributed by atoms with Gasteiger partial charge >= 0.3 is 5.97 Å². The van der Waals surface area contributed by atoms with Crippen molar-refractivity contribution in [3.63, 3.8) is 0 Å². The first-order valence-corrected chi connectivity index (χ1v) is 5.57. The molecule has 0 aromatic carbocycles. The molecule has 0 radical (unpaired) electrons. The first kappa shape index (κ1) is 12.3. The molecule has 1 rings (SSSR count). The van der Waals surface area contributed by atoms with E-state index in [9.17, 15) is 4.79 Å². The summed E-state index contributed by atoms with van der Waals surface area (Å²) < 4.78 is 10.8. The largest absolute Gasteiger partial charge is 0.465 e. The lowest BCUT2D eigenvalue weighted by atomic mass is 10.2. The predicted octanol–water partition coefficient (Wildman–Crippen LogP) is 2.26. The van der Waals surface area contributed by atoms with E-state index in [-0.39, 0.29) is 18.6 Å². The molecule has 0 spiro atoms. The number of carbonyl (C=O) groups excluding carboxylic acids is 1. The van der Waals surface area contributed by atoms with Gasteiger partial charge in [0.25, 0.3) is 0 Å². The van der Waals surface area contributed by atoms with Crippen LogP contribution in [0.15, 0.2) is 21.2 Å². The first-order valence-electron chi connectivity index (χ1n) is 4.77. The molecule has 1 aromatic rings. The lowest BCUT2D eigenvalue weighted by Crippen LogP contribution is -2.27. The molecule has 0 aliphatic heterocycles. The lowest BCUT2D eigenvalue weighted by Gasteiger charge is -2.10. The molecule has 1 heterocycles. The van der Waals surface area contributed by atoms with Gasteiger partial charge in [0.1, 0.15) is 5.76 Å².